The van der Waals surface area contributed by atoms with Gasteiger partial charge in [0.25, 0.3) is 0 Å². The third kappa shape index (κ3) is 2.09. The Morgan fingerprint density at radius 3 is 2.53 bits per heavy atom. The topological polar surface area (TPSA) is 20.7 Å². The van der Waals surface area contributed by atoms with E-state index in [0.29, 0.717) is 9.79 Å². The van der Waals surface area contributed by atoms with E-state index in [1.807, 2.05) is 29.7 Å². The number of nitrogens with one attached hydrogen (secondary N) is 1. The molecule has 2 aromatic carbocycles. The van der Waals surface area contributed by atoms with Crippen molar-refractivity contribution in [2.75, 3.05) is 0 Å². The van der Waals surface area contributed by atoms with Gasteiger partial charge in [-0.15, -0.1) is 0 Å². The van der Waals surface area contributed by atoms with Crippen molar-refractivity contribution >= 4 is 34.9 Å². The summed E-state index contributed by atoms with van der Waals surface area (Å²) < 4.78 is 2.65. The van der Waals surface area contributed by atoms with E-state index in [9.17, 15) is 0 Å². The predicted octanol–water partition coefficient (Wildman–Crippen LogP) is 4.96. The Labute approximate surface area is 121 Å². The Morgan fingerprint density at radius 1 is 1.05 bits per heavy atom. The Balaban J connectivity index is 2.39. The molecule has 0 amide bonds. The molecule has 1 N–H and O–H groups in total. The van der Waals surface area contributed by atoms with Crippen LogP contribution in [0.1, 0.15) is 11.1 Å². The fourth-order valence-corrected chi connectivity index (χ4v) is 2.77. The van der Waals surface area contributed by atoms with Crippen molar-refractivity contribution in [1.82, 2.24) is 9.55 Å². The van der Waals surface area contributed by atoms with Gasteiger partial charge >= 0.3 is 0 Å². The molecule has 4 heteroatoms. The molecule has 0 bridgehead atoms. The highest BCUT2D eigenvalue weighted by Gasteiger charge is 2.09. The average molecular weight is 289 g/mol. The molecule has 0 saturated heterocycles. The highest BCUT2D eigenvalue weighted by molar-refractivity contribution is 7.71. The molecule has 96 valence electrons. The zero-order chi connectivity index (χ0) is 13.6. The van der Waals surface area contributed by atoms with E-state index >= 15 is 0 Å². The maximum Gasteiger partial charge on any atom is 0.182 e. The molecule has 0 atom stereocenters. The molecule has 0 aliphatic heterocycles. The van der Waals surface area contributed by atoms with Crippen molar-refractivity contribution in [3.05, 3.63) is 57.3 Å². The van der Waals surface area contributed by atoms with E-state index < -0.39 is 0 Å². The van der Waals surface area contributed by atoms with Crippen molar-refractivity contribution in [2.45, 2.75) is 13.8 Å². The van der Waals surface area contributed by atoms with Gasteiger partial charge in [-0.25, -0.2) is 0 Å². The maximum absolute atomic E-state index is 6.31. The molecule has 0 fully saturated rings. The van der Waals surface area contributed by atoms with E-state index in [0.717, 1.165) is 22.3 Å². The second-order valence-corrected chi connectivity index (χ2v) is 5.53. The van der Waals surface area contributed by atoms with Crippen molar-refractivity contribution in [3.8, 4) is 5.69 Å². The van der Waals surface area contributed by atoms with E-state index in [1.54, 1.807) is 0 Å². The van der Waals surface area contributed by atoms with Crippen LogP contribution in [0.3, 0.4) is 0 Å². The summed E-state index contributed by atoms with van der Waals surface area (Å²) in [6.45, 7) is 4.11. The lowest BCUT2D eigenvalue weighted by Gasteiger charge is -2.08. The molecule has 2 nitrogen and oxygen atoms in total. The number of aromatic nitrogens is 2. The second-order valence-electron chi connectivity index (χ2n) is 4.74. The number of benzene rings is 2. The highest BCUT2D eigenvalue weighted by atomic mass is 35.5. The van der Waals surface area contributed by atoms with Crippen LogP contribution in [-0.4, -0.2) is 9.55 Å². The molecule has 0 spiro atoms. The largest absolute Gasteiger partial charge is 0.330 e. The first kappa shape index (κ1) is 12.5. The molecule has 19 heavy (non-hydrogen) atoms. The van der Waals surface area contributed by atoms with Crippen LogP contribution in [0, 0.1) is 18.6 Å². The molecule has 0 radical (unpaired) electrons. The smallest absolute Gasteiger partial charge is 0.182 e. The number of hydrogen-bond donors (Lipinski definition) is 1. The normalized spacial score (nSPS) is 11.1. The van der Waals surface area contributed by atoms with Gasteiger partial charge in [0.05, 0.1) is 21.7 Å². The summed E-state index contributed by atoms with van der Waals surface area (Å²) in [5.41, 5.74) is 5.35. The van der Waals surface area contributed by atoms with Gasteiger partial charge in [-0.05, 0) is 61.5 Å². The fourth-order valence-electron chi connectivity index (χ4n) is 2.26. The molecule has 3 rings (SSSR count). The summed E-state index contributed by atoms with van der Waals surface area (Å²) in [6.07, 6.45) is 0. The lowest BCUT2D eigenvalue weighted by molar-refractivity contribution is 1.06. The van der Waals surface area contributed by atoms with Crippen LogP contribution in [0.15, 0.2) is 36.4 Å². The Kier molecular flexibility index (Phi) is 2.96. The molecular formula is C15H13ClN2S. The van der Waals surface area contributed by atoms with Gasteiger partial charge < -0.3 is 4.98 Å². The highest BCUT2D eigenvalue weighted by Crippen LogP contribution is 2.26. The van der Waals surface area contributed by atoms with Crippen molar-refractivity contribution < 1.29 is 0 Å². The lowest BCUT2D eigenvalue weighted by atomic mass is 10.2. The molecule has 0 unspecified atom stereocenters. The Hall–Kier alpha value is -1.58. The minimum atomic E-state index is 0.660. The van der Waals surface area contributed by atoms with Crippen LogP contribution in [0.5, 0.6) is 0 Å². The molecule has 1 aromatic heterocycles. The van der Waals surface area contributed by atoms with Crippen molar-refractivity contribution in [2.24, 2.45) is 0 Å². The van der Waals surface area contributed by atoms with Crippen LogP contribution in [0.2, 0.25) is 5.02 Å². The number of H-pyrrole nitrogens is 1. The van der Waals surface area contributed by atoms with Crippen LogP contribution in [0.4, 0.5) is 0 Å². The van der Waals surface area contributed by atoms with Crippen molar-refractivity contribution in [1.29, 1.82) is 0 Å². The number of hydrogen-bond acceptors (Lipinski definition) is 1. The van der Waals surface area contributed by atoms with Gasteiger partial charge in [0.1, 0.15) is 0 Å². The maximum atomic E-state index is 6.31. The van der Waals surface area contributed by atoms with Gasteiger partial charge in [0, 0.05) is 0 Å². The zero-order valence-corrected chi connectivity index (χ0v) is 12.3. The number of fused-ring (bicyclic) bond motifs is 1. The predicted molar refractivity (Wildman–Crippen MR) is 82.9 cm³/mol. The number of imidazole rings is 1. The lowest BCUT2D eigenvalue weighted by Crippen LogP contribution is -1.95. The third-order valence-corrected chi connectivity index (χ3v) is 3.78. The van der Waals surface area contributed by atoms with Crippen LogP contribution < -0.4 is 0 Å². The minimum absolute atomic E-state index is 0.660. The van der Waals surface area contributed by atoms with Crippen LogP contribution in [-0.2, 0) is 0 Å². The first-order valence-electron chi connectivity index (χ1n) is 6.04. The van der Waals surface area contributed by atoms with Gasteiger partial charge in [-0.3, -0.25) is 4.57 Å². The molecule has 1 heterocycles. The first-order chi connectivity index (χ1) is 9.06. The number of aromatic amines is 1. The van der Waals surface area contributed by atoms with Crippen LogP contribution >= 0.6 is 23.8 Å². The van der Waals surface area contributed by atoms with Crippen molar-refractivity contribution in [3.63, 3.8) is 0 Å². The summed E-state index contributed by atoms with van der Waals surface area (Å²) >= 11 is 11.7. The summed E-state index contributed by atoms with van der Waals surface area (Å²) in [6, 6.07) is 12.2. The average Bonchev–Trinajstić information content (AvgIpc) is 2.67. The summed E-state index contributed by atoms with van der Waals surface area (Å²) in [5.74, 6) is 0. The molecular weight excluding hydrogens is 276 g/mol. The summed E-state index contributed by atoms with van der Waals surface area (Å²) in [7, 11) is 0. The fraction of sp³-hybridized carbons (Fsp3) is 0.133. The SMILES string of the molecule is Cc1ccc(Cl)c(-n2c(=S)[nH]c3cc(C)ccc32)c1. The Morgan fingerprint density at radius 2 is 1.74 bits per heavy atom. The summed E-state index contributed by atoms with van der Waals surface area (Å²) in [4.78, 5) is 3.23. The first-order valence-corrected chi connectivity index (χ1v) is 6.83. The molecule has 0 aliphatic carbocycles. The minimum Gasteiger partial charge on any atom is -0.330 e. The second kappa shape index (κ2) is 4.51. The standard InChI is InChI=1S/C15H13ClN2S/c1-9-4-6-13-12(7-9)17-15(19)18(13)14-8-10(2)3-5-11(14)16/h3-8H,1-2H3,(H,17,19). The zero-order valence-electron chi connectivity index (χ0n) is 10.7. The molecule has 3 aromatic rings. The number of aryl methyl sites for hydroxylation is 2. The quantitative estimate of drug-likeness (QED) is 0.628. The molecule has 0 saturated carbocycles. The van der Waals surface area contributed by atoms with Crippen LogP contribution in [0.25, 0.3) is 16.7 Å². The van der Waals surface area contributed by atoms with Gasteiger partial charge in [0.15, 0.2) is 4.77 Å². The van der Waals surface area contributed by atoms with E-state index in [-0.39, 0.29) is 0 Å². The third-order valence-electron chi connectivity index (χ3n) is 3.18. The molecule has 0 aliphatic rings. The van der Waals surface area contributed by atoms with Gasteiger partial charge in [0.2, 0.25) is 0 Å². The number of rotatable bonds is 1. The van der Waals surface area contributed by atoms with E-state index in [4.69, 9.17) is 23.8 Å². The van der Waals surface area contributed by atoms with E-state index in [2.05, 4.69) is 30.1 Å². The van der Waals surface area contributed by atoms with E-state index in [1.165, 1.54) is 5.56 Å². The van der Waals surface area contributed by atoms with Gasteiger partial charge in [-0.1, -0.05) is 23.7 Å². The number of nitrogens with zero attached hydrogens (tertiary/aromatic N) is 1. The number of halogens is 1. The summed E-state index contributed by atoms with van der Waals surface area (Å²) in [5, 5.41) is 0.697. The Bertz CT molecular complexity index is 830. The van der Waals surface area contributed by atoms with Gasteiger partial charge in [-0.2, -0.15) is 0 Å². The monoisotopic (exact) mass is 288 g/mol.